The molecule has 28 heteroatoms. The summed E-state index contributed by atoms with van der Waals surface area (Å²) in [5, 5.41) is 41.7. The zero-order chi connectivity index (χ0) is 84.0. The van der Waals surface area contributed by atoms with Gasteiger partial charge in [0.2, 0.25) is 23.6 Å². The van der Waals surface area contributed by atoms with Crippen molar-refractivity contribution < 1.29 is 52.9 Å². The summed E-state index contributed by atoms with van der Waals surface area (Å²) in [6, 6.07) is 34.0. The predicted octanol–water partition coefficient (Wildman–Crippen LogP) is 9.85. The van der Waals surface area contributed by atoms with Crippen LogP contribution in [0.2, 0.25) is 0 Å². The fraction of sp³-hybridized carbons (Fsp3) is 0.511. The van der Waals surface area contributed by atoms with Crippen LogP contribution in [0, 0.1) is 83.9 Å². The number of anilines is 4. The van der Waals surface area contributed by atoms with Crippen molar-refractivity contribution in [1.82, 2.24) is 46.4 Å². The van der Waals surface area contributed by atoms with Crippen LogP contribution < -0.4 is 61.4 Å². The maximum atomic E-state index is 13.5. The minimum Gasteiger partial charge on any atom is -0.489 e. The SMILES string of the molecule is Cc1cc(OC2C(C)(C)C(NC(=O)c3ccc(N4CCC(CN5CCN(c6ccc(C(=O)N[C@H]7CCC(=O)NC7=O)nc6)CC5)CC4)cc3)C2(C)C)cc(C)c1C#N.Cc1cc(OC2C(C)(C)C(NC(=O)c3ccc(N4CCC(CN5CCN(c6ccc(C(=O)O)nc6)CC5)CC4)cc3)C2(C)C)cc(C)c1C#N.Cl.N[C@H]1CCC(=O)NC1=O. The van der Waals surface area contributed by atoms with Gasteiger partial charge in [-0.3, -0.25) is 54.0 Å². The number of nitrogens with one attached hydrogen (secondary N) is 5. The van der Waals surface area contributed by atoms with Crippen LogP contribution in [0.1, 0.15) is 182 Å². The van der Waals surface area contributed by atoms with E-state index in [1.165, 1.54) is 0 Å². The fourth-order valence-corrected chi connectivity index (χ4v) is 19.3. The Bertz CT molecular complexity index is 4660. The van der Waals surface area contributed by atoms with Crippen molar-refractivity contribution in [2.24, 2.45) is 39.2 Å². The van der Waals surface area contributed by atoms with E-state index in [2.05, 4.69) is 158 Å². The molecule has 8 aliphatic rings. The van der Waals surface area contributed by atoms with Crippen molar-refractivity contribution in [1.29, 1.82) is 10.5 Å². The molecule has 7 amide bonds. The smallest absolute Gasteiger partial charge is 0.354 e. The number of benzene rings is 4. The Kier molecular flexibility index (Phi) is 27.7. The van der Waals surface area contributed by atoms with Crippen molar-refractivity contribution in [2.75, 3.05) is 111 Å². The van der Waals surface area contributed by atoms with Gasteiger partial charge in [0.05, 0.1) is 53.1 Å². The number of ether oxygens (including phenoxy) is 2. The first kappa shape index (κ1) is 88.1. The number of piperazine rings is 2. The summed E-state index contributed by atoms with van der Waals surface area (Å²) < 4.78 is 13.1. The summed E-state index contributed by atoms with van der Waals surface area (Å²) in [6.07, 6.45) is 9.00. The molecule has 6 saturated heterocycles. The van der Waals surface area contributed by atoms with E-state index in [9.17, 15) is 48.9 Å². The quantitative estimate of drug-likeness (QED) is 0.0371. The molecule has 8 heterocycles. The van der Waals surface area contributed by atoms with Crippen LogP contribution >= 0.6 is 12.4 Å². The van der Waals surface area contributed by atoms with E-state index in [-0.39, 0.29) is 112 Å². The van der Waals surface area contributed by atoms with E-state index in [0.29, 0.717) is 46.9 Å². The van der Waals surface area contributed by atoms with Crippen LogP contribution in [0.5, 0.6) is 11.5 Å². The Balaban J connectivity index is 0.000000209. The van der Waals surface area contributed by atoms with Crippen LogP contribution in [-0.4, -0.2) is 200 Å². The van der Waals surface area contributed by atoms with Crippen molar-refractivity contribution in [3.05, 3.63) is 165 Å². The molecule has 0 radical (unpaired) electrons. The zero-order valence-corrected chi connectivity index (χ0v) is 70.9. The van der Waals surface area contributed by atoms with E-state index < -0.39 is 29.9 Å². The number of aryl methyl sites for hydroxylation is 4. The number of carboxylic acid groups (broad SMARTS) is 1. The Labute approximate surface area is 698 Å². The summed E-state index contributed by atoms with van der Waals surface area (Å²) in [5.41, 5.74) is 14.9. The lowest BCUT2D eigenvalue weighted by atomic mass is 9.49. The molecule has 6 aromatic rings. The number of aromatic carboxylic acids is 1. The highest BCUT2D eigenvalue weighted by Crippen LogP contribution is 2.57. The maximum Gasteiger partial charge on any atom is 0.354 e. The van der Waals surface area contributed by atoms with E-state index >= 15 is 0 Å². The second kappa shape index (κ2) is 37.1. The van der Waals surface area contributed by atoms with E-state index in [4.69, 9.17) is 20.3 Å². The lowest BCUT2D eigenvalue weighted by molar-refractivity contribution is -0.164. The van der Waals surface area contributed by atoms with Crippen LogP contribution in [-0.2, 0) is 19.2 Å². The van der Waals surface area contributed by atoms with Gasteiger partial charge in [-0.05, 0) is 197 Å². The molecule has 6 aliphatic heterocycles. The molecule has 0 unspecified atom stereocenters. The number of nitriles is 2. The molecule has 2 atom stereocenters. The second-order valence-electron chi connectivity index (χ2n) is 35.4. The molecule has 27 nitrogen and oxygen atoms in total. The normalized spacial score (nSPS) is 22.9. The monoisotopic (exact) mass is 1630 g/mol. The average Bonchev–Trinajstić information content (AvgIpc) is 0.711. The third kappa shape index (κ3) is 20.0. The van der Waals surface area contributed by atoms with E-state index in [0.717, 1.165) is 174 Å². The van der Waals surface area contributed by atoms with Gasteiger partial charge in [-0.2, -0.15) is 10.5 Å². The first-order valence-electron chi connectivity index (χ1n) is 41.1. The third-order valence-electron chi connectivity index (χ3n) is 25.5. The number of rotatable bonds is 19. The molecule has 8 N–H and O–H groups in total. The molecular formula is C90H115ClN16O11. The first-order valence-corrected chi connectivity index (χ1v) is 41.1. The number of halogens is 1. The molecule has 0 bridgehead atoms. The molecule has 628 valence electrons. The summed E-state index contributed by atoms with van der Waals surface area (Å²) in [4.78, 5) is 118. The van der Waals surface area contributed by atoms with Crippen LogP contribution in [0.15, 0.2) is 109 Å². The van der Waals surface area contributed by atoms with Gasteiger partial charge >= 0.3 is 5.97 Å². The van der Waals surface area contributed by atoms with Gasteiger partial charge in [-0.25, -0.2) is 14.8 Å². The van der Waals surface area contributed by atoms with E-state index in [1.807, 2.05) is 88.4 Å². The van der Waals surface area contributed by atoms with Crippen LogP contribution in [0.4, 0.5) is 22.7 Å². The van der Waals surface area contributed by atoms with Gasteiger partial charge in [-0.15, -0.1) is 12.4 Å². The Morgan fingerprint density at radius 3 is 1.15 bits per heavy atom. The molecule has 2 aliphatic carbocycles. The number of hydrogen-bond acceptors (Lipinski definition) is 21. The topological polar surface area (TPSA) is 354 Å². The minimum absolute atomic E-state index is 0. The van der Waals surface area contributed by atoms with Crippen molar-refractivity contribution >= 4 is 82.5 Å². The number of imide groups is 2. The van der Waals surface area contributed by atoms with Gasteiger partial charge in [0.1, 0.15) is 41.1 Å². The number of nitrogens with two attached hydrogens (primary N) is 1. The van der Waals surface area contributed by atoms with Crippen LogP contribution in [0.3, 0.4) is 0 Å². The molecule has 2 saturated carbocycles. The van der Waals surface area contributed by atoms with Gasteiger partial charge in [0.25, 0.3) is 17.7 Å². The number of carboxylic acids is 1. The average molecular weight is 1630 g/mol. The van der Waals surface area contributed by atoms with Gasteiger partial charge < -0.3 is 55.9 Å². The number of hydrogen-bond donors (Lipinski definition) is 7. The lowest BCUT2D eigenvalue weighted by Crippen LogP contribution is -2.74. The molecule has 2 aromatic heterocycles. The number of pyridine rings is 2. The summed E-state index contributed by atoms with van der Waals surface area (Å²) in [7, 11) is 0. The summed E-state index contributed by atoms with van der Waals surface area (Å²) in [6.45, 7) is 38.5. The molecule has 8 fully saturated rings. The lowest BCUT2D eigenvalue weighted by Gasteiger charge is -2.63. The highest BCUT2D eigenvalue weighted by atomic mass is 35.5. The summed E-state index contributed by atoms with van der Waals surface area (Å²) >= 11 is 0. The zero-order valence-electron chi connectivity index (χ0n) is 70.1. The Morgan fingerprint density at radius 2 is 0.822 bits per heavy atom. The van der Waals surface area contributed by atoms with Gasteiger partial charge in [-0.1, -0.05) is 55.4 Å². The van der Waals surface area contributed by atoms with Crippen LogP contribution in [0.25, 0.3) is 0 Å². The second-order valence-corrected chi connectivity index (χ2v) is 35.4. The number of aromatic nitrogens is 2. The number of nitrogens with zero attached hydrogens (tertiary/aromatic N) is 10. The molecule has 4 aromatic carbocycles. The fourth-order valence-electron chi connectivity index (χ4n) is 19.3. The molecule has 0 spiro atoms. The number of amides is 7. The highest BCUT2D eigenvalue weighted by molar-refractivity contribution is 6.03. The minimum atomic E-state index is -1.00. The van der Waals surface area contributed by atoms with Crippen molar-refractivity contribution in [3.63, 3.8) is 0 Å². The van der Waals surface area contributed by atoms with Gasteiger partial charge in [0.15, 0.2) is 0 Å². The first-order chi connectivity index (χ1) is 55.6. The van der Waals surface area contributed by atoms with Crippen molar-refractivity contribution in [2.45, 2.75) is 171 Å². The third-order valence-corrected chi connectivity index (χ3v) is 25.5. The standard InChI is InChI=1S/C45H56N8O5.C40H50N6O4.C5H8N2O2.ClH/c1-28-23-34(24-29(2)35(28)25-46)58-43-44(3,4)42(45(43,5)6)50-39(55)31-7-9-32(10-8-31)52-17-15-30(16-18-52)27-51-19-21-53(22-20-51)33-11-12-36(47-26-33)40(56)48-37-13-14-38(54)49-41(37)57;1-26-21-32(22-27(2)33(26)23-41)50-38-39(3,4)37(40(38,5)6)43-35(47)29-7-9-30(10-8-29)45-15-13-28(14-16-45)25-44-17-19-46(20-18-44)31-11-12-34(36(48)49)42-24-31;6-3-1-2-4(8)7-5(3)9;/h7-12,23-24,26,30,37,42-43H,13-22,27H2,1-6H3,(H,48,56)(H,50,55)(H,49,54,57);7-12,21-22,24,28,37-38H,13-20,25H2,1-6H3,(H,43,47)(H,48,49);3H,1-2,6H2,(H,7,8,9);1H/t37-,42?,43?;;3-;/m0.0./s1. The molecular weight excluding hydrogens is 1520 g/mol. The predicted molar refractivity (Wildman–Crippen MR) is 454 cm³/mol. The maximum absolute atomic E-state index is 13.5. The highest BCUT2D eigenvalue weighted by Gasteiger charge is 2.65. The summed E-state index contributed by atoms with van der Waals surface area (Å²) in [5.74, 6) is -0.162. The Hall–Kier alpha value is -10.7. The largest absolute Gasteiger partial charge is 0.489 e. The number of carbonyl (C=O) groups is 8. The van der Waals surface area contributed by atoms with E-state index in [1.54, 1.807) is 24.5 Å². The molecule has 14 rings (SSSR count). The number of carbonyl (C=O) groups excluding carboxylic acids is 7. The number of piperidine rings is 4. The van der Waals surface area contributed by atoms with Gasteiger partial charge in [0, 0.05) is 161 Å². The van der Waals surface area contributed by atoms with Crippen molar-refractivity contribution in [3.8, 4) is 23.6 Å². The Morgan fingerprint density at radius 1 is 0.475 bits per heavy atom. The molecule has 118 heavy (non-hydrogen) atoms.